The molecule has 166 valence electrons. The van der Waals surface area contributed by atoms with Crippen LogP contribution < -0.4 is 0 Å². The highest BCUT2D eigenvalue weighted by molar-refractivity contribution is 7.98. The van der Waals surface area contributed by atoms with Gasteiger partial charge in [-0.15, -0.1) is 11.8 Å². The quantitative estimate of drug-likeness (QED) is 0.379. The van der Waals surface area contributed by atoms with Crippen LogP contribution >= 0.6 is 23.4 Å². The maximum absolute atomic E-state index is 11.9. The molecule has 3 aromatic rings. The van der Waals surface area contributed by atoms with Crippen LogP contribution in [0.15, 0.2) is 82.8 Å². The summed E-state index contributed by atoms with van der Waals surface area (Å²) >= 11 is 7.85. The number of benzene rings is 2. The van der Waals surface area contributed by atoms with Crippen LogP contribution in [-0.4, -0.2) is 24.2 Å². The highest BCUT2D eigenvalue weighted by Crippen LogP contribution is 2.35. The highest BCUT2D eigenvalue weighted by Gasteiger charge is 2.30. The van der Waals surface area contributed by atoms with Gasteiger partial charge in [0.2, 0.25) is 0 Å². The maximum Gasteiger partial charge on any atom is 0.175 e. The van der Waals surface area contributed by atoms with E-state index in [9.17, 15) is 8.42 Å². The number of halogens is 1. The molecule has 7 heteroatoms. The molecule has 0 bridgehead atoms. The van der Waals surface area contributed by atoms with E-state index in [1.165, 1.54) is 16.7 Å². The molecule has 4 nitrogen and oxygen atoms in total. The van der Waals surface area contributed by atoms with Crippen LogP contribution in [0.1, 0.15) is 24.6 Å². The Bertz CT molecular complexity index is 1290. The fraction of sp³-hybridized carbons (Fsp3) is 0.240. The number of rotatable bonds is 6. The molecule has 0 N–H and O–H groups in total. The molecular weight excluding hydrogens is 460 g/mol. The minimum Gasteiger partial charge on any atom is -0.321 e. The van der Waals surface area contributed by atoms with E-state index in [0.29, 0.717) is 16.3 Å². The molecule has 1 aromatic heterocycles. The van der Waals surface area contributed by atoms with Crippen LogP contribution in [0.4, 0.5) is 0 Å². The lowest BCUT2D eigenvalue weighted by Gasteiger charge is -2.31. The zero-order chi connectivity index (χ0) is 22.9. The SMILES string of the molecule is Cc1ccc(SCc2cn(C3(C)C=CC(S(C)(=O)=O)=CC3)c(-c3ccc(Cl)cc3)n2)cc1. The maximum atomic E-state index is 11.9. The molecule has 2 aromatic carbocycles. The van der Waals surface area contributed by atoms with Crippen molar-refractivity contribution in [3.63, 3.8) is 0 Å². The average Bonchev–Trinajstić information content (AvgIpc) is 3.19. The monoisotopic (exact) mass is 484 g/mol. The molecule has 0 aliphatic heterocycles. The molecule has 0 saturated heterocycles. The Kier molecular flexibility index (Phi) is 6.39. The molecule has 0 radical (unpaired) electrons. The van der Waals surface area contributed by atoms with Crippen molar-refractivity contribution in [2.75, 3.05) is 6.26 Å². The summed E-state index contributed by atoms with van der Waals surface area (Å²) in [6.45, 7) is 4.17. The normalized spacial score (nSPS) is 18.6. The van der Waals surface area contributed by atoms with Crippen molar-refractivity contribution in [1.82, 2.24) is 9.55 Å². The fourth-order valence-corrected chi connectivity index (χ4v) is 5.25. The number of sulfone groups is 1. The summed E-state index contributed by atoms with van der Waals surface area (Å²) in [6, 6.07) is 16.1. The van der Waals surface area contributed by atoms with Crippen LogP contribution in [0, 0.1) is 6.92 Å². The number of imidazole rings is 1. The van der Waals surface area contributed by atoms with Gasteiger partial charge in [-0.3, -0.25) is 0 Å². The van der Waals surface area contributed by atoms with Gasteiger partial charge in [0.15, 0.2) is 9.84 Å². The third-order valence-corrected chi connectivity index (χ3v) is 8.02. The van der Waals surface area contributed by atoms with E-state index in [-0.39, 0.29) is 0 Å². The molecule has 1 aliphatic rings. The van der Waals surface area contributed by atoms with Gasteiger partial charge in [-0.2, -0.15) is 0 Å². The number of allylic oxidation sites excluding steroid dienone is 3. The summed E-state index contributed by atoms with van der Waals surface area (Å²) in [5, 5.41) is 0.673. The molecule has 0 saturated carbocycles. The van der Waals surface area contributed by atoms with Crippen LogP contribution in [0.5, 0.6) is 0 Å². The number of nitrogens with zero attached hydrogens (tertiary/aromatic N) is 2. The number of thioether (sulfide) groups is 1. The molecule has 0 amide bonds. The lowest BCUT2D eigenvalue weighted by molar-refractivity contribution is 0.414. The van der Waals surface area contributed by atoms with Crippen molar-refractivity contribution in [3.05, 3.63) is 94.1 Å². The standard InChI is InChI=1S/C25H25ClN2O2S2/c1-18-4-10-22(11-5-18)31-17-21-16-28(24(27-21)19-6-8-20(26)9-7-19)25(2)14-12-23(13-15-25)32(3,29)30/h4-14,16H,15,17H2,1-3H3. The minimum atomic E-state index is -3.23. The summed E-state index contributed by atoms with van der Waals surface area (Å²) in [5.41, 5.74) is 2.74. The summed E-state index contributed by atoms with van der Waals surface area (Å²) in [7, 11) is -3.23. The fourth-order valence-electron chi connectivity index (χ4n) is 3.64. The first-order valence-electron chi connectivity index (χ1n) is 10.3. The third-order valence-electron chi connectivity index (χ3n) is 5.57. The van der Waals surface area contributed by atoms with E-state index >= 15 is 0 Å². The Labute approximate surface area is 199 Å². The second-order valence-electron chi connectivity index (χ2n) is 8.31. The Balaban J connectivity index is 1.68. The highest BCUT2D eigenvalue weighted by atomic mass is 35.5. The zero-order valence-corrected chi connectivity index (χ0v) is 20.6. The molecule has 0 spiro atoms. The van der Waals surface area contributed by atoms with Gasteiger partial charge in [0.1, 0.15) is 5.82 Å². The van der Waals surface area contributed by atoms with Crippen molar-refractivity contribution >= 4 is 33.2 Å². The number of aromatic nitrogens is 2. The van der Waals surface area contributed by atoms with Gasteiger partial charge in [-0.25, -0.2) is 13.4 Å². The Hall–Kier alpha value is -2.28. The number of hydrogen-bond donors (Lipinski definition) is 0. The number of hydrogen-bond acceptors (Lipinski definition) is 4. The largest absolute Gasteiger partial charge is 0.321 e. The van der Waals surface area contributed by atoms with Crippen LogP contribution in [0.3, 0.4) is 0 Å². The van der Waals surface area contributed by atoms with Crippen molar-refractivity contribution < 1.29 is 8.42 Å². The molecule has 1 aliphatic carbocycles. The van der Waals surface area contributed by atoms with Crippen molar-refractivity contribution in [2.45, 2.75) is 36.5 Å². The molecule has 1 heterocycles. The second kappa shape index (κ2) is 8.93. The zero-order valence-electron chi connectivity index (χ0n) is 18.2. The summed E-state index contributed by atoms with van der Waals surface area (Å²) in [5.74, 6) is 1.57. The van der Waals surface area contributed by atoms with Crippen LogP contribution in [-0.2, 0) is 21.1 Å². The van der Waals surface area contributed by atoms with E-state index in [2.05, 4.69) is 48.9 Å². The number of aryl methyl sites for hydroxylation is 1. The van der Waals surface area contributed by atoms with Crippen molar-refractivity contribution in [2.24, 2.45) is 0 Å². The second-order valence-corrected chi connectivity index (χ2v) is 11.8. The average molecular weight is 485 g/mol. The molecule has 4 rings (SSSR count). The van der Waals surface area contributed by atoms with E-state index in [1.54, 1.807) is 23.9 Å². The summed E-state index contributed by atoms with van der Waals surface area (Å²) in [4.78, 5) is 6.51. The van der Waals surface area contributed by atoms with Crippen LogP contribution in [0.2, 0.25) is 5.02 Å². The van der Waals surface area contributed by atoms with Crippen molar-refractivity contribution in [1.29, 1.82) is 0 Å². The minimum absolute atomic E-state index is 0.360. The lowest BCUT2D eigenvalue weighted by atomic mass is 9.92. The third kappa shape index (κ3) is 5.03. The Morgan fingerprint density at radius 3 is 2.41 bits per heavy atom. The smallest absolute Gasteiger partial charge is 0.175 e. The molecule has 0 fully saturated rings. The molecule has 32 heavy (non-hydrogen) atoms. The Morgan fingerprint density at radius 2 is 1.81 bits per heavy atom. The summed E-state index contributed by atoms with van der Waals surface area (Å²) in [6.07, 6.45) is 9.33. The lowest BCUT2D eigenvalue weighted by Crippen LogP contribution is -2.29. The predicted molar refractivity (Wildman–Crippen MR) is 134 cm³/mol. The van der Waals surface area contributed by atoms with Gasteiger partial charge >= 0.3 is 0 Å². The van der Waals surface area contributed by atoms with Gasteiger partial charge in [0.25, 0.3) is 0 Å². The first-order valence-corrected chi connectivity index (χ1v) is 13.5. The Morgan fingerprint density at radius 1 is 1.12 bits per heavy atom. The molecular formula is C25H25ClN2O2S2. The molecule has 1 unspecified atom stereocenters. The van der Waals surface area contributed by atoms with Crippen LogP contribution in [0.25, 0.3) is 11.4 Å². The van der Waals surface area contributed by atoms with E-state index in [4.69, 9.17) is 16.6 Å². The molecule has 1 atom stereocenters. The van der Waals surface area contributed by atoms with Gasteiger partial charge in [0.05, 0.1) is 16.1 Å². The van der Waals surface area contributed by atoms with Gasteiger partial charge < -0.3 is 4.57 Å². The van der Waals surface area contributed by atoms with Gasteiger partial charge in [-0.05, 0) is 62.7 Å². The first-order chi connectivity index (χ1) is 15.1. The van der Waals surface area contributed by atoms with E-state index in [1.807, 2.05) is 30.3 Å². The van der Waals surface area contributed by atoms with Gasteiger partial charge in [-0.1, -0.05) is 41.4 Å². The predicted octanol–water partition coefficient (Wildman–Crippen LogP) is 6.41. The van der Waals surface area contributed by atoms with E-state index < -0.39 is 15.4 Å². The van der Waals surface area contributed by atoms with Gasteiger partial charge in [0, 0.05) is 33.7 Å². The van der Waals surface area contributed by atoms with Crippen molar-refractivity contribution in [3.8, 4) is 11.4 Å². The first kappa shape index (κ1) is 22.9. The van der Waals surface area contributed by atoms with E-state index in [0.717, 1.165) is 22.8 Å². The topological polar surface area (TPSA) is 52.0 Å². The summed E-state index contributed by atoms with van der Waals surface area (Å²) < 4.78 is 26.0.